The van der Waals surface area contributed by atoms with Crippen LogP contribution in [0.15, 0.2) is 28.9 Å². The van der Waals surface area contributed by atoms with E-state index in [0.29, 0.717) is 18.8 Å². The molecule has 1 N–H and O–H groups in total. The maximum atomic E-state index is 12.8. The minimum atomic E-state index is -0.611. The summed E-state index contributed by atoms with van der Waals surface area (Å²) in [6, 6.07) is 6.08. The first-order chi connectivity index (χ1) is 17.9. The molecule has 7 nitrogen and oxygen atoms in total. The smallest absolute Gasteiger partial charge is 0.408 e. The van der Waals surface area contributed by atoms with Gasteiger partial charge in [-0.2, -0.15) is 0 Å². The Kier molecular flexibility index (Phi) is 10.3. The summed E-state index contributed by atoms with van der Waals surface area (Å²) in [4.78, 5) is 25.4. The lowest BCUT2D eigenvalue weighted by molar-refractivity contribution is -0.146. The van der Waals surface area contributed by atoms with Crippen LogP contribution in [0.3, 0.4) is 0 Å². The summed E-state index contributed by atoms with van der Waals surface area (Å²) in [6.07, 6.45) is 4.99. The van der Waals surface area contributed by atoms with Gasteiger partial charge in [0.05, 0.1) is 18.2 Å². The molecule has 1 aliphatic rings. The average molecular weight is 530 g/mol. The van der Waals surface area contributed by atoms with E-state index in [9.17, 15) is 9.59 Å². The van der Waals surface area contributed by atoms with Crippen LogP contribution in [-0.2, 0) is 31.8 Å². The highest BCUT2D eigenvalue weighted by molar-refractivity contribution is 5.81. The van der Waals surface area contributed by atoms with E-state index in [1.54, 1.807) is 7.11 Å². The van der Waals surface area contributed by atoms with Crippen molar-refractivity contribution in [3.8, 4) is 0 Å². The molecule has 4 atom stereocenters. The van der Waals surface area contributed by atoms with E-state index in [1.165, 1.54) is 11.1 Å². The number of rotatable bonds is 12. The zero-order valence-corrected chi connectivity index (χ0v) is 24.5. The zero-order chi connectivity index (χ0) is 28.0. The van der Waals surface area contributed by atoms with Gasteiger partial charge in [0.15, 0.2) is 0 Å². The molecule has 38 heavy (non-hydrogen) atoms. The molecule has 1 aromatic heterocycles. The number of hydrogen-bond donors (Lipinski definition) is 1. The number of esters is 1. The first kappa shape index (κ1) is 30.0. The van der Waals surface area contributed by atoms with Crippen LogP contribution in [0.25, 0.3) is 11.0 Å². The van der Waals surface area contributed by atoms with Crippen molar-refractivity contribution in [2.45, 2.75) is 98.3 Å². The fraction of sp³-hybridized carbons (Fsp3) is 0.677. The Hall–Kier alpha value is -2.54. The van der Waals surface area contributed by atoms with Crippen LogP contribution in [-0.4, -0.2) is 43.5 Å². The molecule has 1 aromatic carbocycles. The van der Waals surface area contributed by atoms with Crippen LogP contribution in [0.4, 0.5) is 4.79 Å². The Morgan fingerprint density at radius 3 is 2.53 bits per heavy atom. The predicted octanol–water partition coefficient (Wildman–Crippen LogP) is 6.70. The summed E-state index contributed by atoms with van der Waals surface area (Å²) in [5.41, 5.74) is 2.70. The minimum Gasteiger partial charge on any atom is -0.464 e. The molecular formula is C31H47NO6. The molecule has 7 heteroatoms. The van der Waals surface area contributed by atoms with Crippen molar-refractivity contribution in [3.63, 3.8) is 0 Å². The highest BCUT2D eigenvalue weighted by Crippen LogP contribution is 2.34. The maximum absolute atomic E-state index is 12.8. The third kappa shape index (κ3) is 8.23. The molecule has 0 aliphatic carbocycles. The molecule has 3 rings (SSSR count). The van der Waals surface area contributed by atoms with E-state index < -0.39 is 11.7 Å². The topological polar surface area (TPSA) is 87.0 Å². The number of carbonyl (C=O) groups excluding carboxylic acids is 2. The molecule has 2 aromatic rings. The third-order valence-electron chi connectivity index (χ3n) is 7.52. The lowest BCUT2D eigenvalue weighted by atomic mass is 9.81. The Labute approximate surface area is 228 Å². The molecule has 0 unspecified atom stereocenters. The lowest BCUT2D eigenvalue weighted by Gasteiger charge is -2.31. The van der Waals surface area contributed by atoms with Crippen molar-refractivity contribution in [3.05, 3.63) is 35.6 Å². The van der Waals surface area contributed by atoms with Crippen LogP contribution < -0.4 is 5.32 Å². The molecule has 1 saturated heterocycles. The number of furan rings is 1. The quantitative estimate of drug-likeness (QED) is 0.243. The zero-order valence-electron chi connectivity index (χ0n) is 24.5. The van der Waals surface area contributed by atoms with Crippen LogP contribution in [0.2, 0.25) is 0 Å². The third-order valence-corrected chi connectivity index (χ3v) is 7.52. The molecule has 0 spiro atoms. The number of benzene rings is 1. The highest BCUT2D eigenvalue weighted by Gasteiger charge is 2.42. The number of hydrogen-bond acceptors (Lipinski definition) is 6. The normalized spacial score (nSPS) is 19.7. The van der Waals surface area contributed by atoms with Gasteiger partial charge < -0.3 is 23.9 Å². The summed E-state index contributed by atoms with van der Waals surface area (Å²) in [5.74, 6) is 0.481. The molecule has 1 aliphatic heterocycles. The van der Waals surface area contributed by atoms with Gasteiger partial charge in [0.2, 0.25) is 0 Å². The van der Waals surface area contributed by atoms with E-state index in [4.69, 9.17) is 18.6 Å². The molecule has 0 bridgehead atoms. The van der Waals surface area contributed by atoms with Gasteiger partial charge in [-0.1, -0.05) is 33.8 Å². The monoisotopic (exact) mass is 529 g/mol. The largest absolute Gasteiger partial charge is 0.464 e. The Morgan fingerprint density at radius 2 is 1.92 bits per heavy atom. The molecule has 0 radical (unpaired) electrons. The summed E-state index contributed by atoms with van der Waals surface area (Å²) >= 11 is 0. The lowest BCUT2D eigenvalue weighted by Crippen LogP contribution is -2.47. The second kappa shape index (κ2) is 13.0. The molecule has 212 valence electrons. The van der Waals surface area contributed by atoms with Gasteiger partial charge in [-0.25, -0.2) is 4.79 Å². The predicted molar refractivity (Wildman–Crippen MR) is 149 cm³/mol. The van der Waals surface area contributed by atoms with Crippen molar-refractivity contribution in [1.82, 2.24) is 5.32 Å². The summed E-state index contributed by atoms with van der Waals surface area (Å²) in [6.45, 7) is 14.7. The highest BCUT2D eigenvalue weighted by atomic mass is 16.6. The van der Waals surface area contributed by atoms with Gasteiger partial charge in [-0.05, 0) is 93.9 Å². The second-order valence-electron chi connectivity index (χ2n) is 12.4. The van der Waals surface area contributed by atoms with Crippen molar-refractivity contribution >= 4 is 23.0 Å². The van der Waals surface area contributed by atoms with Gasteiger partial charge in [-0.3, -0.25) is 4.79 Å². The van der Waals surface area contributed by atoms with Crippen molar-refractivity contribution in [1.29, 1.82) is 0 Å². The van der Waals surface area contributed by atoms with E-state index in [1.807, 2.05) is 46.9 Å². The van der Waals surface area contributed by atoms with Crippen LogP contribution in [0.5, 0.6) is 0 Å². The Morgan fingerprint density at radius 1 is 1.18 bits per heavy atom. The number of fused-ring (bicyclic) bond motifs is 1. The number of cyclic esters (lactones) is 1. The van der Waals surface area contributed by atoms with Gasteiger partial charge in [0.1, 0.15) is 17.3 Å². The number of ether oxygens (including phenoxy) is 3. The molecule has 0 saturated carbocycles. The van der Waals surface area contributed by atoms with Gasteiger partial charge in [-0.15, -0.1) is 0 Å². The SMILES string of the molecule is COCCCc1coc2ccc(C[C@@H](C[C@H](NC(=O)OC(C)(C)C)[C@@H]3C[C@@H](C(C)C)C(=O)O3)C(C)C)cc12. The number of nitrogens with one attached hydrogen (secondary N) is 1. The number of aryl methyl sites for hydroxylation is 1. The minimum absolute atomic E-state index is 0.152. The van der Waals surface area contributed by atoms with E-state index in [2.05, 4.69) is 31.3 Å². The summed E-state index contributed by atoms with van der Waals surface area (Å²) in [5, 5.41) is 4.21. The van der Waals surface area contributed by atoms with Crippen LogP contribution >= 0.6 is 0 Å². The molecule has 1 amide bonds. The maximum Gasteiger partial charge on any atom is 0.408 e. The Bertz CT molecular complexity index is 1070. The van der Waals surface area contributed by atoms with Gasteiger partial charge in [0, 0.05) is 19.1 Å². The summed E-state index contributed by atoms with van der Waals surface area (Å²) < 4.78 is 22.4. The van der Waals surface area contributed by atoms with E-state index >= 15 is 0 Å². The number of carbonyl (C=O) groups is 2. The van der Waals surface area contributed by atoms with Gasteiger partial charge >= 0.3 is 12.1 Å². The number of alkyl carbamates (subject to hydrolysis) is 1. The van der Waals surface area contributed by atoms with Gasteiger partial charge in [0.25, 0.3) is 0 Å². The first-order valence-corrected chi connectivity index (χ1v) is 14.1. The fourth-order valence-corrected chi connectivity index (χ4v) is 5.26. The average Bonchev–Trinajstić information content (AvgIpc) is 3.40. The van der Waals surface area contributed by atoms with Crippen molar-refractivity contribution in [2.75, 3.05) is 13.7 Å². The summed E-state index contributed by atoms with van der Waals surface area (Å²) in [7, 11) is 1.72. The van der Waals surface area contributed by atoms with Crippen LogP contribution in [0, 0.1) is 23.7 Å². The van der Waals surface area contributed by atoms with Crippen molar-refractivity contribution < 1.29 is 28.2 Å². The molecular weight excluding hydrogens is 482 g/mol. The van der Waals surface area contributed by atoms with E-state index in [-0.39, 0.29) is 35.9 Å². The first-order valence-electron chi connectivity index (χ1n) is 14.1. The second-order valence-corrected chi connectivity index (χ2v) is 12.4. The number of methoxy groups -OCH3 is 1. The Balaban J connectivity index is 1.80. The molecule has 2 heterocycles. The standard InChI is InChI=1S/C31H47NO6/c1-19(2)23(14-21-11-12-27-25(15-21)22(18-36-27)10-9-13-35-8)16-26(32-30(34)38-31(5,6)7)28-17-24(20(3)4)29(33)37-28/h11-12,15,18-20,23-24,26,28H,9-10,13-14,16-17H2,1-8H3,(H,32,34)/t23-,24-,26-,28-/m0/s1. The number of amides is 1. The molecule has 1 fully saturated rings. The van der Waals surface area contributed by atoms with Crippen molar-refractivity contribution in [2.24, 2.45) is 23.7 Å². The fourth-order valence-electron chi connectivity index (χ4n) is 5.26. The van der Waals surface area contributed by atoms with Crippen LogP contribution in [0.1, 0.15) is 78.9 Å². The van der Waals surface area contributed by atoms with E-state index in [0.717, 1.165) is 36.8 Å².